The molecule has 4 nitrogen and oxygen atoms in total. The first-order valence-electron chi connectivity index (χ1n) is 10.9. The Kier molecular flexibility index (Phi) is 6.77. The van der Waals surface area contributed by atoms with E-state index in [1.807, 2.05) is 30.0 Å². The minimum Gasteiger partial charge on any atom is -0.451 e. The van der Waals surface area contributed by atoms with Gasteiger partial charge in [-0.1, -0.05) is 37.5 Å². The van der Waals surface area contributed by atoms with Crippen LogP contribution in [0.4, 0.5) is 0 Å². The van der Waals surface area contributed by atoms with Gasteiger partial charge in [-0.2, -0.15) is 11.8 Å². The topological polar surface area (TPSA) is 54.3 Å². The summed E-state index contributed by atoms with van der Waals surface area (Å²) in [5.74, 6) is 1.37. The lowest BCUT2D eigenvalue weighted by Crippen LogP contribution is -2.48. The third kappa shape index (κ3) is 4.62. The van der Waals surface area contributed by atoms with Gasteiger partial charge in [-0.3, -0.25) is 4.79 Å². The second-order valence-corrected chi connectivity index (χ2v) is 10.0. The molecule has 1 aliphatic carbocycles. The number of amides is 1. The van der Waals surface area contributed by atoms with Crippen molar-refractivity contribution in [2.24, 2.45) is 0 Å². The lowest BCUT2D eigenvalue weighted by Gasteiger charge is -2.29. The normalized spacial score (nSPS) is 27.0. The van der Waals surface area contributed by atoms with E-state index in [-0.39, 0.29) is 24.4 Å². The van der Waals surface area contributed by atoms with Gasteiger partial charge in [0.25, 0.3) is 5.91 Å². The van der Waals surface area contributed by atoms with E-state index in [9.17, 15) is 4.79 Å². The summed E-state index contributed by atoms with van der Waals surface area (Å²) < 4.78 is 6.07. The van der Waals surface area contributed by atoms with Gasteiger partial charge in [0, 0.05) is 40.1 Å². The molecule has 1 aromatic carbocycles. The Morgan fingerprint density at radius 3 is 2.55 bits per heavy atom. The third-order valence-corrected chi connectivity index (χ3v) is 8.13. The van der Waals surface area contributed by atoms with E-state index in [0.29, 0.717) is 17.8 Å². The molecule has 2 aliphatic heterocycles. The number of thioether (sulfide) groups is 1. The average molecular weight is 435 g/mol. The number of piperidine rings is 1. The predicted molar refractivity (Wildman–Crippen MR) is 122 cm³/mol. The largest absolute Gasteiger partial charge is 0.451 e. The van der Waals surface area contributed by atoms with Gasteiger partial charge in [-0.15, -0.1) is 12.4 Å². The number of hydrogen-bond acceptors (Lipinski definition) is 4. The second-order valence-electron chi connectivity index (χ2n) is 8.76. The Balaban J connectivity index is 0.00000205. The molecule has 29 heavy (non-hydrogen) atoms. The molecule has 1 aromatic heterocycles. The van der Waals surface area contributed by atoms with Crippen LogP contribution in [0.15, 0.2) is 28.7 Å². The Bertz CT molecular complexity index is 837. The van der Waals surface area contributed by atoms with Crippen molar-refractivity contribution in [1.82, 2.24) is 10.6 Å². The van der Waals surface area contributed by atoms with E-state index in [2.05, 4.69) is 16.7 Å². The van der Waals surface area contributed by atoms with Gasteiger partial charge in [0.15, 0.2) is 5.76 Å². The molecule has 3 aliphatic rings. The minimum absolute atomic E-state index is 0. The first-order valence-corrected chi connectivity index (χ1v) is 12.0. The van der Waals surface area contributed by atoms with Crippen LogP contribution in [0, 0.1) is 0 Å². The van der Waals surface area contributed by atoms with Crippen LogP contribution in [0.5, 0.6) is 0 Å². The summed E-state index contributed by atoms with van der Waals surface area (Å²) in [5, 5.41) is 8.76. The zero-order chi connectivity index (χ0) is 18.9. The molecule has 6 heteroatoms. The summed E-state index contributed by atoms with van der Waals surface area (Å²) in [4.78, 5) is 13.2. The minimum atomic E-state index is -0.0262. The Morgan fingerprint density at radius 2 is 1.79 bits per heavy atom. The lowest BCUT2D eigenvalue weighted by atomic mass is 9.99. The van der Waals surface area contributed by atoms with Crippen molar-refractivity contribution in [3.63, 3.8) is 0 Å². The predicted octanol–water partition coefficient (Wildman–Crippen LogP) is 5.43. The highest BCUT2D eigenvalue weighted by Crippen LogP contribution is 2.35. The van der Waals surface area contributed by atoms with Crippen LogP contribution in [-0.4, -0.2) is 29.3 Å². The molecule has 2 atom stereocenters. The summed E-state index contributed by atoms with van der Waals surface area (Å²) in [6.07, 6.45) is 11.2. The highest BCUT2D eigenvalue weighted by Gasteiger charge is 2.35. The number of rotatable bonds is 5. The third-order valence-electron chi connectivity index (χ3n) is 6.73. The summed E-state index contributed by atoms with van der Waals surface area (Å²) in [7, 11) is 0. The van der Waals surface area contributed by atoms with Gasteiger partial charge in [0.2, 0.25) is 0 Å². The molecule has 2 saturated heterocycles. The SMILES string of the molecule is Cl.O=C(NC1CC2CCC(C1)N2)c1oc2ccccc2c1CSC1CCCCC1. The monoisotopic (exact) mass is 434 g/mol. The smallest absolute Gasteiger partial charge is 0.287 e. The number of carbonyl (C=O) groups is 1. The Hall–Kier alpha value is -1.17. The van der Waals surface area contributed by atoms with Crippen LogP contribution in [0.3, 0.4) is 0 Å². The molecule has 0 radical (unpaired) electrons. The maximum absolute atomic E-state index is 13.2. The molecule has 3 heterocycles. The zero-order valence-electron chi connectivity index (χ0n) is 16.8. The van der Waals surface area contributed by atoms with E-state index in [0.717, 1.165) is 40.4 Å². The van der Waals surface area contributed by atoms with Gasteiger partial charge in [-0.05, 0) is 44.6 Å². The summed E-state index contributed by atoms with van der Waals surface area (Å²) >= 11 is 2.01. The molecule has 5 rings (SSSR count). The summed E-state index contributed by atoms with van der Waals surface area (Å²) in [6, 6.07) is 9.50. The number of para-hydroxylation sites is 1. The molecule has 2 bridgehead atoms. The Labute approximate surface area is 183 Å². The van der Waals surface area contributed by atoms with Crippen molar-refractivity contribution in [3.8, 4) is 0 Å². The van der Waals surface area contributed by atoms with Crippen molar-refractivity contribution >= 4 is 41.0 Å². The lowest BCUT2D eigenvalue weighted by molar-refractivity contribution is 0.0897. The zero-order valence-corrected chi connectivity index (χ0v) is 18.5. The quantitative estimate of drug-likeness (QED) is 0.658. The molecule has 0 spiro atoms. The van der Waals surface area contributed by atoms with Crippen molar-refractivity contribution < 1.29 is 9.21 Å². The van der Waals surface area contributed by atoms with Crippen LogP contribution in [-0.2, 0) is 5.75 Å². The standard InChI is InChI=1S/C23H30N2O2S.ClH/c26-23(25-17-12-15-10-11-16(13-17)24-15)22-20(14-28-18-6-2-1-3-7-18)19-8-4-5-9-21(19)27-22;/h4-5,8-9,15-18,24H,1-3,6-7,10-14H2,(H,25,26);1H. The Morgan fingerprint density at radius 1 is 1.07 bits per heavy atom. The van der Waals surface area contributed by atoms with Gasteiger partial charge in [0.1, 0.15) is 5.58 Å². The number of nitrogens with one attached hydrogen (secondary N) is 2. The van der Waals surface area contributed by atoms with Crippen LogP contribution in [0.25, 0.3) is 11.0 Å². The number of furan rings is 1. The van der Waals surface area contributed by atoms with Crippen molar-refractivity contribution in [3.05, 3.63) is 35.6 Å². The maximum atomic E-state index is 13.2. The number of fused-ring (bicyclic) bond motifs is 3. The van der Waals surface area contributed by atoms with Gasteiger partial charge >= 0.3 is 0 Å². The molecule has 3 fully saturated rings. The highest BCUT2D eigenvalue weighted by molar-refractivity contribution is 7.99. The van der Waals surface area contributed by atoms with Crippen molar-refractivity contribution in [2.45, 2.75) is 86.9 Å². The number of hydrogen-bond donors (Lipinski definition) is 2. The highest BCUT2D eigenvalue weighted by atomic mass is 35.5. The van der Waals surface area contributed by atoms with E-state index >= 15 is 0 Å². The average Bonchev–Trinajstić information content (AvgIpc) is 3.26. The molecule has 158 valence electrons. The van der Waals surface area contributed by atoms with E-state index in [1.165, 1.54) is 44.9 Å². The molecule has 2 N–H and O–H groups in total. The molecular formula is C23H31ClN2O2S. The number of benzene rings is 1. The fourth-order valence-corrected chi connectivity index (χ4v) is 6.64. The maximum Gasteiger partial charge on any atom is 0.287 e. The second kappa shape index (κ2) is 9.32. The van der Waals surface area contributed by atoms with Gasteiger partial charge in [-0.25, -0.2) is 0 Å². The van der Waals surface area contributed by atoms with Crippen molar-refractivity contribution in [2.75, 3.05) is 0 Å². The molecular weight excluding hydrogens is 404 g/mol. The van der Waals surface area contributed by atoms with Crippen LogP contribution in [0.1, 0.15) is 73.9 Å². The molecule has 1 amide bonds. The first-order chi connectivity index (χ1) is 13.8. The van der Waals surface area contributed by atoms with E-state index < -0.39 is 0 Å². The van der Waals surface area contributed by atoms with Crippen LogP contribution in [0.2, 0.25) is 0 Å². The number of halogens is 1. The fraction of sp³-hybridized carbons (Fsp3) is 0.609. The van der Waals surface area contributed by atoms with Gasteiger partial charge < -0.3 is 15.1 Å². The van der Waals surface area contributed by atoms with Gasteiger partial charge in [0.05, 0.1) is 0 Å². The van der Waals surface area contributed by atoms with Crippen molar-refractivity contribution in [1.29, 1.82) is 0 Å². The van der Waals surface area contributed by atoms with Crippen LogP contribution >= 0.6 is 24.2 Å². The fourth-order valence-electron chi connectivity index (χ4n) is 5.28. The molecule has 2 aromatic rings. The van der Waals surface area contributed by atoms with Crippen LogP contribution < -0.4 is 10.6 Å². The van der Waals surface area contributed by atoms with E-state index in [1.54, 1.807) is 0 Å². The summed E-state index contributed by atoms with van der Waals surface area (Å²) in [6.45, 7) is 0. The molecule has 1 saturated carbocycles. The number of carbonyl (C=O) groups excluding carboxylic acids is 1. The summed E-state index contributed by atoms with van der Waals surface area (Å²) in [5.41, 5.74) is 1.91. The first kappa shape index (κ1) is 21.1. The van der Waals surface area contributed by atoms with E-state index in [4.69, 9.17) is 4.42 Å². The molecule has 2 unspecified atom stereocenters.